The van der Waals surface area contributed by atoms with Gasteiger partial charge in [0.1, 0.15) is 0 Å². The Kier molecular flexibility index (Phi) is 9.32. The van der Waals surface area contributed by atoms with Crippen molar-refractivity contribution in [2.75, 3.05) is 0 Å². The fourth-order valence-corrected chi connectivity index (χ4v) is 11.4. The van der Waals surface area contributed by atoms with Crippen LogP contribution in [0.1, 0.15) is 0 Å². The van der Waals surface area contributed by atoms with Gasteiger partial charge < -0.3 is 0 Å². The van der Waals surface area contributed by atoms with Gasteiger partial charge in [-0.3, -0.25) is 0 Å². The maximum Gasteiger partial charge on any atom is -0.00259 e. The van der Waals surface area contributed by atoms with Gasteiger partial charge in [0.2, 0.25) is 0 Å². The van der Waals surface area contributed by atoms with E-state index in [0.717, 1.165) is 0 Å². The SMILES string of the molecule is c1ccc2cc(-c3ccc(-c4c5ccccc5c(-c5ccc(-c6ccc7c(-c8ccc9ccccc9c8)c8ccccc8c(-c8ccc9ccccc9c8)c7c6)cc5)c5ccccc45)cc3)ccc2c1. The van der Waals surface area contributed by atoms with Crippen LogP contribution in [0.25, 0.3) is 142 Å². The van der Waals surface area contributed by atoms with Gasteiger partial charge in [-0.05, 0) is 166 Å². The predicted molar refractivity (Wildman–Crippen MR) is 302 cm³/mol. The Morgan fingerprint density at radius 2 is 0.371 bits per heavy atom. The maximum absolute atomic E-state index is 2.44. The van der Waals surface area contributed by atoms with Gasteiger partial charge in [-0.25, -0.2) is 0 Å². The van der Waals surface area contributed by atoms with E-state index in [-0.39, 0.29) is 0 Å². The summed E-state index contributed by atoms with van der Waals surface area (Å²) in [6, 6.07) is 99.1. The molecule has 0 N–H and O–H groups in total. The average Bonchev–Trinajstić information content (AvgIpc) is 3.43. The van der Waals surface area contributed by atoms with Crippen LogP contribution >= 0.6 is 0 Å². The third-order valence-electron chi connectivity index (χ3n) is 14.8. The molecule has 0 aromatic heterocycles. The molecule has 0 fully saturated rings. The van der Waals surface area contributed by atoms with E-state index in [2.05, 4.69) is 267 Å². The van der Waals surface area contributed by atoms with Crippen LogP contribution in [0.15, 0.2) is 267 Å². The fraction of sp³-hybridized carbons (Fsp3) is 0. The van der Waals surface area contributed by atoms with Gasteiger partial charge >= 0.3 is 0 Å². The van der Waals surface area contributed by atoms with Crippen LogP contribution in [-0.2, 0) is 0 Å². The molecular formula is C70H44. The third kappa shape index (κ3) is 6.61. The van der Waals surface area contributed by atoms with E-state index in [4.69, 9.17) is 0 Å². The summed E-state index contributed by atoms with van der Waals surface area (Å²) in [6.45, 7) is 0. The van der Waals surface area contributed by atoms with Gasteiger partial charge in [-0.15, -0.1) is 0 Å². The zero-order valence-corrected chi connectivity index (χ0v) is 38.4. The van der Waals surface area contributed by atoms with Crippen LogP contribution in [0.5, 0.6) is 0 Å². The summed E-state index contributed by atoms with van der Waals surface area (Å²) < 4.78 is 0. The molecule has 0 radical (unpaired) electrons. The van der Waals surface area contributed by atoms with Crippen LogP contribution < -0.4 is 0 Å². The van der Waals surface area contributed by atoms with E-state index in [9.17, 15) is 0 Å². The van der Waals surface area contributed by atoms with Gasteiger partial charge in [0.05, 0.1) is 0 Å². The molecule has 0 aliphatic carbocycles. The Hall–Kier alpha value is -9.10. The highest BCUT2D eigenvalue weighted by Crippen LogP contribution is 2.47. The lowest BCUT2D eigenvalue weighted by atomic mass is 9.84. The molecule has 0 amide bonds. The molecule has 70 heavy (non-hydrogen) atoms. The highest BCUT2D eigenvalue weighted by molar-refractivity contribution is 6.24. The van der Waals surface area contributed by atoms with Gasteiger partial charge in [-0.1, -0.05) is 243 Å². The molecule has 0 unspecified atom stereocenters. The lowest BCUT2D eigenvalue weighted by molar-refractivity contribution is 1.62. The molecule has 0 heteroatoms. The lowest BCUT2D eigenvalue weighted by Crippen LogP contribution is -1.92. The van der Waals surface area contributed by atoms with Crippen molar-refractivity contribution in [3.05, 3.63) is 267 Å². The summed E-state index contributed by atoms with van der Waals surface area (Å²) in [7, 11) is 0. The number of hydrogen-bond donors (Lipinski definition) is 0. The molecule has 0 saturated heterocycles. The zero-order valence-electron chi connectivity index (χ0n) is 38.4. The summed E-state index contributed by atoms with van der Waals surface area (Å²) in [5, 5.41) is 17.5. The smallest absolute Gasteiger partial charge is 0.00259 e. The standard InChI is InChI=1S/C70H44/c1-4-16-52-41-55(36-29-45(52)13-1)48-25-32-50(33-26-48)67-59-19-7-9-21-61(59)68(62-22-10-8-20-60(62)67)51-34-27-49(28-35-51)56-39-40-65-66(44-56)70(58-38-31-47-15-3-6-18-54(47)43-58)64-24-12-11-23-63(64)69(65)57-37-30-46-14-2-5-17-53(46)42-57/h1-44H. The van der Waals surface area contributed by atoms with Gasteiger partial charge in [0.25, 0.3) is 0 Å². The highest BCUT2D eigenvalue weighted by atomic mass is 14.2. The number of hydrogen-bond acceptors (Lipinski definition) is 0. The van der Waals surface area contributed by atoms with E-state index in [1.54, 1.807) is 0 Å². The van der Waals surface area contributed by atoms with Crippen molar-refractivity contribution >= 4 is 75.4 Å². The molecule has 324 valence electrons. The predicted octanol–water partition coefficient (Wildman–Crippen LogP) is 19.8. The number of rotatable bonds is 6. The van der Waals surface area contributed by atoms with Crippen LogP contribution in [0.4, 0.5) is 0 Å². The van der Waals surface area contributed by atoms with Crippen molar-refractivity contribution in [1.29, 1.82) is 0 Å². The lowest BCUT2D eigenvalue weighted by Gasteiger charge is -2.20. The van der Waals surface area contributed by atoms with Crippen LogP contribution in [-0.4, -0.2) is 0 Å². The van der Waals surface area contributed by atoms with Crippen LogP contribution in [0, 0.1) is 0 Å². The number of benzene rings is 14. The second-order valence-electron chi connectivity index (χ2n) is 18.7. The largest absolute Gasteiger partial charge is 0.0616 e. The first-order valence-electron chi connectivity index (χ1n) is 24.3. The Morgan fingerprint density at radius 3 is 0.771 bits per heavy atom. The zero-order chi connectivity index (χ0) is 46.1. The van der Waals surface area contributed by atoms with E-state index in [0.29, 0.717) is 0 Å². The van der Waals surface area contributed by atoms with Crippen molar-refractivity contribution in [2.24, 2.45) is 0 Å². The molecule has 0 aliphatic rings. The van der Waals surface area contributed by atoms with Crippen molar-refractivity contribution in [3.8, 4) is 66.8 Å². The monoisotopic (exact) mass is 884 g/mol. The Bertz CT molecular complexity index is 4330. The first kappa shape index (κ1) is 40.0. The second-order valence-corrected chi connectivity index (χ2v) is 18.7. The summed E-state index contributed by atoms with van der Waals surface area (Å²) in [5.41, 5.74) is 14.8. The minimum atomic E-state index is 1.19. The van der Waals surface area contributed by atoms with Crippen molar-refractivity contribution in [3.63, 3.8) is 0 Å². The topological polar surface area (TPSA) is 0 Å². The van der Waals surface area contributed by atoms with E-state index in [1.165, 1.54) is 142 Å². The van der Waals surface area contributed by atoms with E-state index >= 15 is 0 Å². The Morgan fingerprint density at radius 1 is 0.129 bits per heavy atom. The molecule has 0 bridgehead atoms. The van der Waals surface area contributed by atoms with Gasteiger partial charge in [0.15, 0.2) is 0 Å². The minimum absolute atomic E-state index is 1.19. The summed E-state index contributed by atoms with van der Waals surface area (Å²) in [6.07, 6.45) is 0. The Balaban J connectivity index is 0.911. The third-order valence-corrected chi connectivity index (χ3v) is 14.8. The molecule has 0 aliphatic heterocycles. The van der Waals surface area contributed by atoms with E-state index in [1.807, 2.05) is 0 Å². The highest BCUT2D eigenvalue weighted by Gasteiger charge is 2.20. The Labute approximate surface area is 407 Å². The van der Waals surface area contributed by atoms with Crippen LogP contribution in [0.3, 0.4) is 0 Å². The molecule has 0 atom stereocenters. The quantitative estimate of drug-likeness (QED) is 0.146. The first-order chi connectivity index (χ1) is 34.7. The second kappa shape index (κ2) is 16.3. The maximum atomic E-state index is 2.44. The molecule has 14 rings (SSSR count). The summed E-state index contributed by atoms with van der Waals surface area (Å²) in [5.74, 6) is 0. The number of fused-ring (bicyclic) bond motifs is 7. The average molecular weight is 885 g/mol. The van der Waals surface area contributed by atoms with Crippen molar-refractivity contribution < 1.29 is 0 Å². The van der Waals surface area contributed by atoms with E-state index < -0.39 is 0 Å². The van der Waals surface area contributed by atoms with Crippen LogP contribution in [0.2, 0.25) is 0 Å². The summed E-state index contributed by atoms with van der Waals surface area (Å²) >= 11 is 0. The molecule has 14 aromatic rings. The fourth-order valence-electron chi connectivity index (χ4n) is 11.4. The van der Waals surface area contributed by atoms with Crippen molar-refractivity contribution in [2.45, 2.75) is 0 Å². The van der Waals surface area contributed by atoms with Crippen molar-refractivity contribution in [1.82, 2.24) is 0 Å². The molecule has 0 spiro atoms. The van der Waals surface area contributed by atoms with Gasteiger partial charge in [0, 0.05) is 0 Å². The molecule has 0 heterocycles. The van der Waals surface area contributed by atoms with Gasteiger partial charge in [-0.2, -0.15) is 0 Å². The molecule has 0 saturated carbocycles. The molecule has 14 aromatic carbocycles. The molecule has 0 nitrogen and oxygen atoms in total. The minimum Gasteiger partial charge on any atom is -0.0616 e. The normalized spacial score (nSPS) is 11.7. The molecular weight excluding hydrogens is 841 g/mol. The first-order valence-corrected chi connectivity index (χ1v) is 24.3. The summed E-state index contributed by atoms with van der Waals surface area (Å²) in [4.78, 5) is 0.